The van der Waals surface area contributed by atoms with Gasteiger partial charge in [-0.2, -0.15) is 5.10 Å². The normalized spacial score (nSPS) is 12.7. The molecule has 104 valence electrons. The second-order valence-corrected chi connectivity index (χ2v) is 4.57. The molecule has 1 unspecified atom stereocenters. The summed E-state index contributed by atoms with van der Waals surface area (Å²) in [4.78, 5) is 0. The van der Waals surface area contributed by atoms with Crippen LogP contribution in [0.5, 0.6) is 5.75 Å². The van der Waals surface area contributed by atoms with Crippen molar-refractivity contribution >= 4 is 0 Å². The number of hydrazine groups is 1. The molecule has 6 nitrogen and oxygen atoms in total. The van der Waals surface area contributed by atoms with Crippen LogP contribution in [0.3, 0.4) is 0 Å². The molecule has 2 heterocycles. The molecule has 0 radical (unpaired) electrons. The van der Waals surface area contributed by atoms with Gasteiger partial charge in [0.15, 0.2) is 5.75 Å². The summed E-state index contributed by atoms with van der Waals surface area (Å²) in [5, 5.41) is 4.21. The van der Waals surface area contributed by atoms with Crippen molar-refractivity contribution in [3.05, 3.63) is 34.5 Å². The molecule has 2 aromatic heterocycles. The summed E-state index contributed by atoms with van der Waals surface area (Å²) >= 11 is 0. The summed E-state index contributed by atoms with van der Waals surface area (Å²) in [6, 6.07) is -0.222. The van der Waals surface area contributed by atoms with E-state index in [9.17, 15) is 0 Å². The van der Waals surface area contributed by atoms with Crippen molar-refractivity contribution in [1.29, 1.82) is 0 Å². The molecule has 6 heteroatoms. The number of hydrogen-bond donors (Lipinski definition) is 2. The average Bonchev–Trinajstić information content (AvgIpc) is 2.86. The van der Waals surface area contributed by atoms with E-state index in [1.807, 2.05) is 27.8 Å². The van der Waals surface area contributed by atoms with E-state index in [0.29, 0.717) is 5.75 Å². The molecule has 2 rings (SSSR count). The molecule has 0 aliphatic carbocycles. The lowest BCUT2D eigenvalue weighted by atomic mass is 9.99. The minimum absolute atomic E-state index is 0.222. The Morgan fingerprint density at radius 2 is 2.05 bits per heavy atom. The Kier molecular flexibility index (Phi) is 3.64. The Bertz CT molecular complexity index is 586. The zero-order valence-electron chi connectivity index (χ0n) is 11.9. The first-order chi connectivity index (χ1) is 9.01. The third-order valence-electron chi connectivity index (χ3n) is 3.52. The van der Waals surface area contributed by atoms with Gasteiger partial charge in [-0.1, -0.05) is 0 Å². The summed E-state index contributed by atoms with van der Waals surface area (Å²) in [5.41, 5.74) is 5.82. The van der Waals surface area contributed by atoms with Crippen molar-refractivity contribution in [1.82, 2.24) is 15.2 Å². The number of nitrogens with two attached hydrogens (primary N) is 1. The lowest BCUT2D eigenvalue weighted by molar-refractivity contribution is 0.400. The number of rotatable bonds is 4. The standard InChI is InChI=1S/C13H20N4O2/c1-7-8(2)19-9(3)11(7)12(16-14)13-10(18-5)6-15-17(13)4/h6,12,16H,14H2,1-5H3. The molecule has 0 amide bonds. The summed E-state index contributed by atoms with van der Waals surface area (Å²) in [6.07, 6.45) is 1.68. The molecule has 0 aliphatic heterocycles. The van der Waals surface area contributed by atoms with Crippen LogP contribution in [0, 0.1) is 20.8 Å². The van der Waals surface area contributed by atoms with Crippen LogP contribution in [-0.4, -0.2) is 16.9 Å². The fraction of sp³-hybridized carbons (Fsp3) is 0.462. The van der Waals surface area contributed by atoms with Crippen LogP contribution in [0.15, 0.2) is 10.6 Å². The minimum Gasteiger partial charge on any atom is -0.493 e. The van der Waals surface area contributed by atoms with Gasteiger partial charge < -0.3 is 9.15 Å². The molecular weight excluding hydrogens is 244 g/mol. The first-order valence-electron chi connectivity index (χ1n) is 6.09. The van der Waals surface area contributed by atoms with Crippen LogP contribution in [0.1, 0.15) is 34.4 Å². The Morgan fingerprint density at radius 1 is 1.37 bits per heavy atom. The lowest BCUT2D eigenvalue weighted by Gasteiger charge is -2.18. The summed E-state index contributed by atoms with van der Waals surface area (Å²) in [7, 11) is 3.48. The average molecular weight is 264 g/mol. The van der Waals surface area contributed by atoms with Gasteiger partial charge in [0.25, 0.3) is 0 Å². The summed E-state index contributed by atoms with van der Waals surface area (Å²) in [5.74, 6) is 8.19. The SMILES string of the molecule is COc1cnn(C)c1C(NN)c1c(C)oc(C)c1C. The van der Waals surface area contributed by atoms with E-state index in [1.54, 1.807) is 18.0 Å². The number of nitrogens with one attached hydrogen (secondary N) is 1. The van der Waals surface area contributed by atoms with Gasteiger partial charge in [-0.15, -0.1) is 0 Å². The molecule has 19 heavy (non-hydrogen) atoms. The highest BCUT2D eigenvalue weighted by molar-refractivity contribution is 5.42. The molecule has 0 aromatic carbocycles. The number of ether oxygens (including phenoxy) is 1. The Hall–Kier alpha value is -1.79. The van der Waals surface area contributed by atoms with Crippen molar-refractivity contribution in [2.24, 2.45) is 12.9 Å². The molecule has 0 aliphatic rings. The number of methoxy groups -OCH3 is 1. The first-order valence-corrected chi connectivity index (χ1v) is 6.09. The smallest absolute Gasteiger partial charge is 0.161 e. The highest BCUT2D eigenvalue weighted by Gasteiger charge is 2.27. The van der Waals surface area contributed by atoms with Crippen LogP contribution >= 0.6 is 0 Å². The van der Waals surface area contributed by atoms with E-state index in [0.717, 1.165) is 28.3 Å². The second kappa shape index (κ2) is 5.07. The van der Waals surface area contributed by atoms with E-state index in [-0.39, 0.29) is 6.04 Å². The summed E-state index contributed by atoms with van der Waals surface area (Å²) in [6.45, 7) is 5.90. The van der Waals surface area contributed by atoms with Gasteiger partial charge >= 0.3 is 0 Å². The summed E-state index contributed by atoms with van der Waals surface area (Å²) < 4.78 is 12.8. The van der Waals surface area contributed by atoms with Crippen LogP contribution < -0.4 is 16.0 Å². The van der Waals surface area contributed by atoms with E-state index in [4.69, 9.17) is 15.0 Å². The van der Waals surface area contributed by atoms with Gasteiger partial charge in [-0.25, -0.2) is 5.43 Å². The number of furan rings is 1. The number of aryl methyl sites for hydroxylation is 3. The monoisotopic (exact) mass is 264 g/mol. The van der Waals surface area contributed by atoms with Gasteiger partial charge in [0.1, 0.15) is 17.2 Å². The molecule has 0 spiro atoms. The topological polar surface area (TPSA) is 78.2 Å². The van der Waals surface area contributed by atoms with Crippen molar-refractivity contribution < 1.29 is 9.15 Å². The quantitative estimate of drug-likeness (QED) is 0.646. The zero-order valence-corrected chi connectivity index (χ0v) is 11.9. The first kappa shape index (κ1) is 13.6. The molecule has 1 atom stereocenters. The van der Waals surface area contributed by atoms with Gasteiger partial charge in [-0.05, 0) is 26.3 Å². The fourth-order valence-electron chi connectivity index (χ4n) is 2.45. The predicted octanol–water partition coefficient (Wildman–Crippen LogP) is 1.50. The van der Waals surface area contributed by atoms with E-state index < -0.39 is 0 Å². The largest absolute Gasteiger partial charge is 0.493 e. The maximum atomic E-state index is 5.75. The highest BCUT2D eigenvalue weighted by atomic mass is 16.5. The van der Waals surface area contributed by atoms with Crippen LogP contribution in [0.4, 0.5) is 0 Å². The van der Waals surface area contributed by atoms with Crippen molar-refractivity contribution in [3.63, 3.8) is 0 Å². The van der Waals surface area contributed by atoms with Crippen LogP contribution in [0.25, 0.3) is 0 Å². The van der Waals surface area contributed by atoms with Crippen molar-refractivity contribution in [2.45, 2.75) is 26.8 Å². The maximum Gasteiger partial charge on any atom is 0.161 e. The third kappa shape index (κ3) is 2.13. The molecule has 0 fully saturated rings. The molecular formula is C13H20N4O2. The van der Waals surface area contributed by atoms with Crippen molar-refractivity contribution in [3.8, 4) is 5.75 Å². The Morgan fingerprint density at radius 3 is 2.53 bits per heavy atom. The third-order valence-corrected chi connectivity index (χ3v) is 3.52. The van der Waals surface area contributed by atoms with E-state index in [1.165, 1.54) is 0 Å². The fourth-order valence-corrected chi connectivity index (χ4v) is 2.45. The lowest BCUT2D eigenvalue weighted by Crippen LogP contribution is -2.31. The van der Waals surface area contributed by atoms with E-state index >= 15 is 0 Å². The second-order valence-electron chi connectivity index (χ2n) is 4.57. The van der Waals surface area contributed by atoms with Gasteiger partial charge in [0, 0.05) is 12.6 Å². The Labute approximate surface area is 112 Å². The van der Waals surface area contributed by atoms with Crippen LogP contribution in [0.2, 0.25) is 0 Å². The molecule has 2 aromatic rings. The number of hydrogen-bond acceptors (Lipinski definition) is 5. The number of aromatic nitrogens is 2. The highest BCUT2D eigenvalue weighted by Crippen LogP contribution is 2.34. The predicted molar refractivity (Wildman–Crippen MR) is 71.8 cm³/mol. The number of nitrogens with zero attached hydrogens (tertiary/aromatic N) is 2. The van der Waals surface area contributed by atoms with Gasteiger partial charge in [0.2, 0.25) is 0 Å². The zero-order chi connectivity index (χ0) is 14.2. The molecule has 3 N–H and O–H groups in total. The molecule has 0 saturated carbocycles. The van der Waals surface area contributed by atoms with Crippen molar-refractivity contribution in [2.75, 3.05) is 7.11 Å². The maximum absolute atomic E-state index is 5.75. The van der Waals surface area contributed by atoms with Gasteiger partial charge in [0.05, 0.1) is 19.3 Å². The van der Waals surface area contributed by atoms with E-state index in [2.05, 4.69) is 10.5 Å². The molecule has 0 bridgehead atoms. The van der Waals surface area contributed by atoms with Crippen LogP contribution in [-0.2, 0) is 7.05 Å². The Balaban J connectivity index is 2.59. The van der Waals surface area contributed by atoms with Gasteiger partial charge in [-0.3, -0.25) is 10.5 Å². The minimum atomic E-state index is -0.222. The molecule has 0 saturated heterocycles.